The highest BCUT2D eigenvalue weighted by Crippen LogP contribution is 2.23. The van der Waals surface area contributed by atoms with Crippen molar-refractivity contribution in [1.29, 1.82) is 0 Å². The van der Waals surface area contributed by atoms with Crippen LogP contribution in [0.15, 0.2) is 47.4 Å². The van der Waals surface area contributed by atoms with Crippen LogP contribution in [0.2, 0.25) is 0 Å². The van der Waals surface area contributed by atoms with Crippen molar-refractivity contribution in [2.75, 3.05) is 30.3 Å². The maximum atomic E-state index is 12.7. The lowest BCUT2D eigenvalue weighted by molar-refractivity contribution is -0.114. The van der Waals surface area contributed by atoms with Gasteiger partial charge < -0.3 is 10.6 Å². The van der Waals surface area contributed by atoms with Crippen LogP contribution < -0.4 is 10.6 Å². The largest absolute Gasteiger partial charge is 0.376 e. The van der Waals surface area contributed by atoms with Gasteiger partial charge in [-0.1, -0.05) is 18.2 Å². The van der Waals surface area contributed by atoms with Gasteiger partial charge >= 0.3 is 0 Å². The molecule has 0 aliphatic carbocycles. The maximum absolute atomic E-state index is 12.7. The number of benzene rings is 2. The normalized spacial score (nSPS) is 14.9. The van der Waals surface area contributed by atoms with Gasteiger partial charge in [0.25, 0.3) is 0 Å². The van der Waals surface area contributed by atoms with E-state index in [4.69, 9.17) is 0 Å². The molecular weight excluding hydrogens is 362 g/mol. The molecule has 0 bridgehead atoms. The van der Waals surface area contributed by atoms with Crippen molar-refractivity contribution in [3.63, 3.8) is 0 Å². The van der Waals surface area contributed by atoms with Gasteiger partial charge in [-0.15, -0.1) is 0 Å². The highest BCUT2D eigenvalue weighted by molar-refractivity contribution is 7.89. The molecule has 1 saturated heterocycles. The van der Waals surface area contributed by atoms with E-state index in [2.05, 4.69) is 10.6 Å². The number of amides is 1. The van der Waals surface area contributed by atoms with Gasteiger partial charge in [0, 0.05) is 24.5 Å². The van der Waals surface area contributed by atoms with Gasteiger partial charge in [-0.25, -0.2) is 8.42 Å². The maximum Gasteiger partial charge on any atom is 0.243 e. The Hall–Kier alpha value is -2.38. The Labute approximate surface area is 160 Å². The molecular formula is C20H25N3O3S. The van der Waals surface area contributed by atoms with Crippen LogP contribution in [0.4, 0.5) is 11.4 Å². The van der Waals surface area contributed by atoms with Crippen LogP contribution in [0.1, 0.15) is 24.0 Å². The van der Waals surface area contributed by atoms with Crippen molar-refractivity contribution in [1.82, 2.24) is 4.31 Å². The molecule has 1 fully saturated rings. The van der Waals surface area contributed by atoms with Crippen LogP contribution in [0, 0.1) is 13.8 Å². The summed E-state index contributed by atoms with van der Waals surface area (Å²) in [7, 11) is -3.50. The predicted molar refractivity (Wildman–Crippen MR) is 107 cm³/mol. The zero-order chi connectivity index (χ0) is 19.4. The first-order valence-electron chi connectivity index (χ1n) is 9.08. The smallest absolute Gasteiger partial charge is 0.243 e. The molecule has 0 atom stereocenters. The molecule has 2 N–H and O–H groups in total. The Balaban J connectivity index is 1.65. The summed E-state index contributed by atoms with van der Waals surface area (Å²) < 4.78 is 26.8. The summed E-state index contributed by atoms with van der Waals surface area (Å²) in [6.07, 6.45) is 1.78. The second-order valence-corrected chi connectivity index (χ2v) is 8.73. The number of carbonyl (C=O) groups excluding carboxylic acids is 1. The number of rotatable bonds is 6. The van der Waals surface area contributed by atoms with Crippen molar-refractivity contribution in [3.05, 3.63) is 53.6 Å². The van der Waals surface area contributed by atoms with Gasteiger partial charge in [0.15, 0.2) is 0 Å². The standard InChI is InChI=1S/C20H25N3O3S/c1-15-7-5-10-19(16(15)2)21-14-20(24)22-17-8-6-9-18(13-17)27(25,26)23-11-3-4-12-23/h5-10,13,21H,3-4,11-12,14H2,1-2H3,(H,22,24). The second kappa shape index (κ2) is 8.10. The van der Waals surface area contributed by atoms with Gasteiger partial charge in [-0.2, -0.15) is 4.31 Å². The monoisotopic (exact) mass is 387 g/mol. The molecule has 0 aromatic heterocycles. The molecule has 7 heteroatoms. The molecule has 2 aromatic rings. The highest BCUT2D eigenvalue weighted by atomic mass is 32.2. The molecule has 1 aliphatic heterocycles. The first-order chi connectivity index (χ1) is 12.9. The fraction of sp³-hybridized carbons (Fsp3) is 0.350. The first kappa shape index (κ1) is 19.4. The minimum absolute atomic E-state index is 0.105. The van der Waals surface area contributed by atoms with Gasteiger partial charge in [0.2, 0.25) is 15.9 Å². The number of hydrogen-bond acceptors (Lipinski definition) is 4. The Morgan fingerprint density at radius 3 is 2.52 bits per heavy atom. The Bertz CT molecular complexity index is 935. The van der Waals surface area contributed by atoms with E-state index in [0.29, 0.717) is 18.8 Å². The average molecular weight is 388 g/mol. The SMILES string of the molecule is Cc1cccc(NCC(=O)Nc2cccc(S(=O)(=O)N3CCCC3)c2)c1C. The summed E-state index contributed by atoms with van der Waals surface area (Å²) in [4.78, 5) is 12.5. The number of sulfonamides is 1. The fourth-order valence-electron chi connectivity index (χ4n) is 3.14. The van der Waals surface area contributed by atoms with Crippen LogP contribution in [0.25, 0.3) is 0 Å². The second-order valence-electron chi connectivity index (χ2n) is 6.79. The molecule has 0 radical (unpaired) electrons. The average Bonchev–Trinajstić information content (AvgIpc) is 3.19. The predicted octanol–water partition coefficient (Wildman–Crippen LogP) is 3.14. The highest BCUT2D eigenvalue weighted by Gasteiger charge is 2.27. The molecule has 2 aromatic carbocycles. The third-order valence-electron chi connectivity index (χ3n) is 4.86. The van der Waals surface area contributed by atoms with Crippen molar-refractivity contribution in [2.45, 2.75) is 31.6 Å². The zero-order valence-electron chi connectivity index (χ0n) is 15.7. The number of nitrogens with zero attached hydrogens (tertiary/aromatic N) is 1. The van der Waals surface area contributed by atoms with Crippen molar-refractivity contribution in [2.24, 2.45) is 0 Å². The summed E-state index contributed by atoms with van der Waals surface area (Å²) in [6.45, 7) is 5.24. The molecule has 0 unspecified atom stereocenters. The van der Waals surface area contributed by atoms with Crippen molar-refractivity contribution >= 4 is 27.3 Å². The lowest BCUT2D eigenvalue weighted by Crippen LogP contribution is -2.28. The number of anilines is 2. The summed E-state index contributed by atoms with van der Waals surface area (Å²) in [5.41, 5.74) is 3.64. The Morgan fingerprint density at radius 1 is 1.07 bits per heavy atom. The van der Waals surface area contributed by atoms with Crippen LogP contribution in [-0.4, -0.2) is 38.3 Å². The van der Waals surface area contributed by atoms with Gasteiger partial charge in [0.1, 0.15) is 0 Å². The molecule has 3 rings (SSSR count). The molecule has 0 saturated carbocycles. The van der Waals surface area contributed by atoms with E-state index in [1.807, 2.05) is 32.0 Å². The van der Waals surface area contributed by atoms with Crippen LogP contribution in [0.5, 0.6) is 0 Å². The van der Waals surface area contributed by atoms with E-state index < -0.39 is 10.0 Å². The topological polar surface area (TPSA) is 78.5 Å². The lowest BCUT2D eigenvalue weighted by Gasteiger charge is -2.16. The quantitative estimate of drug-likeness (QED) is 0.798. The van der Waals surface area contributed by atoms with Gasteiger partial charge in [0.05, 0.1) is 11.4 Å². The van der Waals surface area contributed by atoms with E-state index in [-0.39, 0.29) is 17.3 Å². The lowest BCUT2D eigenvalue weighted by atomic mass is 10.1. The fourth-order valence-corrected chi connectivity index (χ4v) is 4.70. The summed E-state index contributed by atoms with van der Waals surface area (Å²) >= 11 is 0. The number of nitrogens with one attached hydrogen (secondary N) is 2. The molecule has 27 heavy (non-hydrogen) atoms. The van der Waals surface area contributed by atoms with E-state index >= 15 is 0 Å². The van der Waals surface area contributed by atoms with Gasteiger partial charge in [-0.05, 0) is 62.1 Å². The van der Waals surface area contributed by atoms with E-state index in [1.165, 1.54) is 10.4 Å². The minimum atomic E-state index is -3.50. The van der Waals surface area contributed by atoms with Gasteiger partial charge in [-0.3, -0.25) is 4.79 Å². The Morgan fingerprint density at radius 2 is 1.78 bits per heavy atom. The number of aryl methyl sites for hydroxylation is 1. The van der Waals surface area contributed by atoms with E-state index in [9.17, 15) is 13.2 Å². The third kappa shape index (κ3) is 4.48. The van der Waals surface area contributed by atoms with E-state index in [0.717, 1.165) is 29.7 Å². The van der Waals surface area contributed by atoms with Crippen molar-refractivity contribution < 1.29 is 13.2 Å². The molecule has 0 spiro atoms. The third-order valence-corrected chi connectivity index (χ3v) is 6.76. The first-order valence-corrected chi connectivity index (χ1v) is 10.5. The Kier molecular flexibility index (Phi) is 5.82. The molecule has 144 valence electrons. The van der Waals surface area contributed by atoms with Crippen molar-refractivity contribution in [3.8, 4) is 0 Å². The summed E-state index contributed by atoms with van der Waals surface area (Å²) in [5, 5.41) is 5.89. The number of hydrogen-bond donors (Lipinski definition) is 2. The van der Waals surface area contributed by atoms with Crippen LogP contribution in [0.3, 0.4) is 0 Å². The molecule has 1 amide bonds. The number of carbonyl (C=O) groups is 1. The van der Waals surface area contributed by atoms with Crippen LogP contribution >= 0.6 is 0 Å². The summed E-state index contributed by atoms with van der Waals surface area (Å²) in [6, 6.07) is 12.3. The summed E-state index contributed by atoms with van der Waals surface area (Å²) in [5.74, 6) is -0.230. The minimum Gasteiger partial charge on any atom is -0.376 e. The molecule has 1 heterocycles. The van der Waals surface area contributed by atoms with Crippen LogP contribution in [-0.2, 0) is 14.8 Å². The zero-order valence-corrected chi connectivity index (χ0v) is 16.5. The molecule has 6 nitrogen and oxygen atoms in total. The molecule has 1 aliphatic rings. The van der Waals surface area contributed by atoms with E-state index in [1.54, 1.807) is 18.2 Å².